The van der Waals surface area contributed by atoms with E-state index in [0.29, 0.717) is 16.7 Å². The SMILES string of the molecule is Cc1cc(-c2ccccc2S(=O)(=O)COC2CCC(F)(F)CC2)cn(C)c1=O. The molecule has 0 unspecified atom stereocenters. The molecule has 0 N–H and O–H groups in total. The first-order valence-electron chi connectivity index (χ1n) is 9.08. The van der Waals surface area contributed by atoms with E-state index < -0.39 is 27.8 Å². The lowest BCUT2D eigenvalue weighted by molar-refractivity contribution is -0.0740. The smallest absolute Gasteiger partial charge is 0.253 e. The van der Waals surface area contributed by atoms with Crippen molar-refractivity contribution in [3.63, 3.8) is 0 Å². The summed E-state index contributed by atoms with van der Waals surface area (Å²) < 4.78 is 59.2. The highest BCUT2D eigenvalue weighted by Crippen LogP contribution is 2.35. The minimum absolute atomic E-state index is 0.0918. The maximum atomic E-state index is 13.3. The predicted octanol–water partition coefficient (Wildman–Crippen LogP) is 3.69. The van der Waals surface area contributed by atoms with Crippen molar-refractivity contribution in [3.8, 4) is 11.1 Å². The van der Waals surface area contributed by atoms with Gasteiger partial charge >= 0.3 is 0 Å². The quantitative estimate of drug-likeness (QED) is 0.753. The summed E-state index contributed by atoms with van der Waals surface area (Å²) in [6.45, 7) is 1.67. The van der Waals surface area contributed by atoms with E-state index in [2.05, 4.69) is 0 Å². The Kier molecular flexibility index (Phi) is 5.72. The van der Waals surface area contributed by atoms with E-state index in [1.165, 1.54) is 10.6 Å². The number of alkyl halides is 2. The van der Waals surface area contributed by atoms with Crippen LogP contribution in [0.15, 0.2) is 46.2 Å². The van der Waals surface area contributed by atoms with E-state index >= 15 is 0 Å². The molecule has 0 spiro atoms. The molecule has 1 heterocycles. The van der Waals surface area contributed by atoms with E-state index in [9.17, 15) is 22.0 Å². The average molecular weight is 411 g/mol. The van der Waals surface area contributed by atoms with Crippen molar-refractivity contribution in [2.45, 2.75) is 49.5 Å². The summed E-state index contributed by atoms with van der Waals surface area (Å²) in [7, 11) is -2.19. The Morgan fingerprint density at radius 2 is 1.86 bits per heavy atom. The number of rotatable bonds is 5. The topological polar surface area (TPSA) is 65.4 Å². The van der Waals surface area contributed by atoms with Gasteiger partial charge in [-0.25, -0.2) is 17.2 Å². The highest BCUT2D eigenvalue weighted by Gasteiger charge is 2.36. The molecule has 0 bridgehead atoms. The van der Waals surface area contributed by atoms with Gasteiger partial charge in [-0.15, -0.1) is 0 Å². The monoisotopic (exact) mass is 411 g/mol. The van der Waals surface area contributed by atoms with Gasteiger partial charge in [-0.3, -0.25) is 4.79 Å². The second-order valence-electron chi connectivity index (χ2n) is 7.28. The summed E-state index contributed by atoms with van der Waals surface area (Å²) in [4.78, 5) is 12.0. The molecule has 1 aromatic carbocycles. The minimum atomic E-state index is -3.80. The molecule has 1 aromatic heterocycles. The van der Waals surface area contributed by atoms with Crippen LogP contribution in [-0.2, 0) is 21.6 Å². The number of hydrogen-bond acceptors (Lipinski definition) is 4. The third-order valence-corrected chi connectivity index (χ3v) is 6.49. The number of halogens is 2. The van der Waals surface area contributed by atoms with Crippen molar-refractivity contribution in [3.05, 3.63) is 52.4 Å². The van der Waals surface area contributed by atoms with Gasteiger partial charge in [0, 0.05) is 37.2 Å². The summed E-state index contributed by atoms with van der Waals surface area (Å²) in [5, 5.41) is 0. The normalized spacial score (nSPS) is 17.6. The van der Waals surface area contributed by atoms with Crippen LogP contribution in [0.1, 0.15) is 31.2 Å². The molecule has 0 saturated heterocycles. The van der Waals surface area contributed by atoms with Crippen molar-refractivity contribution in [1.29, 1.82) is 0 Å². The number of aromatic nitrogens is 1. The second kappa shape index (κ2) is 7.75. The number of pyridine rings is 1. The molecule has 0 radical (unpaired) electrons. The van der Waals surface area contributed by atoms with Crippen LogP contribution in [-0.4, -0.2) is 31.0 Å². The number of ether oxygens (including phenoxy) is 1. The van der Waals surface area contributed by atoms with Crippen LogP contribution in [0.5, 0.6) is 0 Å². The fourth-order valence-electron chi connectivity index (χ4n) is 3.43. The maximum Gasteiger partial charge on any atom is 0.253 e. The summed E-state index contributed by atoms with van der Waals surface area (Å²) in [6, 6.07) is 8.16. The van der Waals surface area contributed by atoms with Gasteiger partial charge in [0.15, 0.2) is 5.94 Å². The number of aryl methyl sites for hydroxylation is 2. The Morgan fingerprint density at radius 1 is 1.21 bits per heavy atom. The molecule has 2 aromatic rings. The number of nitrogens with zero attached hydrogens (tertiary/aromatic N) is 1. The standard InChI is InChI=1S/C20H23F2NO4S/c1-14-11-15(12-23(2)19(14)24)17-5-3-4-6-18(17)28(25,26)13-27-16-7-9-20(21,22)10-8-16/h3-6,11-12,16H,7-10,13H2,1-2H3. The van der Waals surface area contributed by atoms with Crippen molar-refractivity contribution >= 4 is 9.84 Å². The average Bonchev–Trinajstić information content (AvgIpc) is 2.65. The van der Waals surface area contributed by atoms with Crippen LogP contribution in [0.2, 0.25) is 0 Å². The highest BCUT2D eigenvalue weighted by molar-refractivity contribution is 7.91. The van der Waals surface area contributed by atoms with Gasteiger partial charge in [0.05, 0.1) is 11.0 Å². The van der Waals surface area contributed by atoms with Crippen LogP contribution >= 0.6 is 0 Å². The zero-order valence-electron chi connectivity index (χ0n) is 15.8. The second-order valence-corrected chi connectivity index (χ2v) is 9.18. The van der Waals surface area contributed by atoms with Gasteiger partial charge in [0.25, 0.3) is 5.56 Å². The molecular formula is C20H23F2NO4S. The Bertz CT molecular complexity index is 994. The summed E-state index contributed by atoms with van der Waals surface area (Å²) in [5.74, 6) is -3.25. The highest BCUT2D eigenvalue weighted by atomic mass is 32.2. The van der Waals surface area contributed by atoms with Gasteiger partial charge in [-0.2, -0.15) is 0 Å². The lowest BCUT2D eigenvalue weighted by atomic mass is 9.94. The van der Waals surface area contributed by atoms with E-state index in [-0.39, 0.29) is 36.1 Å². The number of benzene rings is 1. The van der Waals surface area contributed by atoms with Crippen molar-refractivity contribution in [2.24, 2.45) is 7.05 Å². The third kappa shape index (κ3) is 4.50. The first-order valence-corrected chi connectivity index (χ1v) is 10.7. The molecule has 1 aliphatic carbocycles. The lowest BCUT2D eigenvalue weighted by Crippen LogP contribution is -2.30. The van der Waals surface area contributed by atoms with Crippen LogP contribution in [0.4, 0.5) is 8.78 Å². The lowest BCUT2D eigenvalue weighted by Gasteiger charge is -2.28. The summed E-state index contributed by atoms with van der Waals surface area (Å²) in [6.07, 6.45) is 0.820. The number of hydrogen-bond donors (Lipinski definition) is 0. The van der Waals surface area contributed by atoms with E-state index in [4.69, 9.17) is 4.74 Å². The first-order chi connectivity index (χ1) is 13.1. The van der Waals surface area contributed by atoms with E-state index in [1.54, 1.807) is 44.4 Å². The molecule has 1 fully saturated rings. The molecular weight excluding hydrogens is 388 g/mol. The van der Waals surface area contributed by atoms with Gasteiger partial charge in [0.2, 0.25) is 15.8 Å². The molecule has 3 rings (SSSR count). The Morgan fingerprint density at radius 3 is 2.50 bits per heavy atom. The van der Waals surface area contributed by atoms with Gasteiger partial charge < -0.3 is 9.30 Å². The minimum Gasteiger partial charge on any atom is -0.362 e. The van der Waals surface area contributed by atoms with Gasteiger partial charge in [0.1, 0.15) is 0 Å². The number of sulfone groups is 1. The van der Waals surface area contributed by atoms with Crippen LogP contribution in [0.25, 0.3) is 11.1 Å². The van der Waals surface area contributed by atoms with Gasteiger partial charge in [-0.05, 0) is 37.5 Å². The summed E-state index contributed by atoms with van der Waals surface area (Å²) in [5.41, 5.74) is 1.43. The fraction of sp³-hybridized carbons (Fsp3) is 0.450. The zero-order chi connectivity index (χ0) is 20.5. The molecule has 8 heteroatoms. The first kappa shape index (κ1) is 20.7. The third-order valence-electron chi connectivity index (χ3n) is 5.02. The molecule has 0 aliphatic heterocycles. The molecule has 1 saturated carbocycles. The van der Waals surface area contributed by atoms with Crippen LogP contribution < -0.4 is 5.56 Å². The summed E-state index contributed by atoms with van der Waals surface area (Å²) >= 11 is 0. The largest absolute Gasteiger partial charge is 0.362 e. The molecule has 1 aliphatic rings. The van der Waals surface area contributed by atoms with Crippen molar-refractivity contribution in [2.75, 3.05) is 5.94 Å². The van der Waals surface area contributed by atoms with Crippen molar-refractivity contribution in [1.82, 2.24) is 4.57 Å². The molecule has 152 valence electrons. The van der Waals surface area contributed by atoms with Crippen molar-refractivity contribution < 1.29 is 21.9 Å². The maximum absolute atomic E-state index is 13.3. The predicted molar refractivity (Wildman–Crippen MR) is 102 cm³/mol. The van der Waals surface area contributed by atoms with Crippen LogP contribution in [0, 0.1) is 6.92 Å². The Hall–Kier alpha value is -2.06. The molecule has 0 amide bonds. The van der Waals surface area contributed by atoms with E-state index in [1.807, 2.05) is 0 Å². The van der Waals surface area contributed by atoms with Crippen LogP contribution in [0.3, 0.4) is 0 Å². The molecule has 28 heavy (non-hydrogen) atoms. The Labute approximate surface area is 162 Å². The zero-order valence-corrected chi connectivity index (χ0v) is 16.6. The van der Waals surface area contributed by atoms with Gasteiger partial charge in [-0.1, -0.05) is 18.2 Å². The molecule has 0 atom stereocenters. The van der Waals surface area contributed by atoms with E-state index in [0.717, 1.165) is 0 Å². The Balaban J connectivity index is 1.85. The molecule has 5 nitrogen and oxygen atoms in total. The fourth-order valence-corrected chi connectivity index (χ4v) is 4.74.